The molecule has 2 aromatic rings. The van der Waals surface area contributed by atoms with E-state index in [0.717, 1.165) is 24.8 Å². The van der Waals surface area contributed by atoms with Gasteiger partial charge >= 0.3 is 0 Å². The molecule has 0 aliphatic heterocycles. The van der Waals surface area contributed by atoms with Crippen molar-refractivity contribution in [1.29, 1.82) is 0 Å². The van der Waals surface area contributed by atoms with E-state index < -0.39 is 0 Å². The number of hydrogen-bond acceptors (Lipinski definition) is 2. The van der Waals surface area contributed by atoms with Gasteiger partial charge in [0, 0.05) is 19.2 Å². The van der Waals surface area contributed by atoms with Gasteiger partial charge in [-0.25, -0.2) is 0 Å². The topological polar surface area (TPSA) is 57.8 Å². The van der Waals surface area contributed by atoms with Crippen molar-refractivity contribution in [2.24, 2.45) is 0 Å². The molecule has 0 unspecified atom stereocenters. The van der Waals surface area contributed by atoms with Crippen molar-refractivity contribution in [3.63, 3.8) is 0 Å². The first kappa shape index (κ1) is 16.3. The molecule has 0 saturated carbocycles. The lowest BCUT2D eigenvalue weighted by atomic mass is 9.97. The van der Waals surface area contributed by atoms with Crippen LogP contribution in [0.2, 0.25) is 0 Å². The number of aromatic nitrogens is 2. The molecule has 0 spiro atoms. The maximum Gasteiger partial charge on any atom is 0.220 e. The van der Waals surface area contributed by atoms with E-state index in [0.29, 0.717) is 13.0 Å². The fourth-order valence-electron chi connectivity index (χ4n) is 2.89. The fourth-order valence-corrected chi connectivity index (χ4v) is 2.89. The molecule has 0 aliphatic rings. The average molecular weight is 299 g/mol. The molecule has 0 aliphatic carbocycles. The number of hydrogen-bond donors (Lipinski definition) is 2. The minimum Gasteiger partial charge on any atom is -0.356 e. The monoisotopic (exact) mass is 299 g/mol. The van der Waals surface area contributed by atoms with E-state index in [1.807, 2.05) is 6.20 Å². The number of carbonyl (C=O) groups is 1. The van der Waals surface area contributed by atoms with Crippen LogP contribution in [-0.2, 0) is 17.6 Å². The maximum atomic E-state index is 11.9. The van der Waals surface area contributed by atoms with E-state index in [1.165, 1.54) is 22.3 Å². The Kier molecular flexibility index (Phi) is 5.75. The Labute approximate surface area is 132 Å². The summed E-state index contributed by atoms with van der Waals surface area (Å²) in [6.07, 6.45) is 6.89. The molecule has 22 heavy (non-hydrogen) atoms. The summed E-state index contributed by atoms with van der Waals surface area (Å²) in [6.45, 7) is 7.10. The van der Waals surface area contributed by atoms with E-state index in [-0.39, 0.29) is 5.91 Å². The summed E-state index contributed by atoms with van der Waals surface area (Å²) < 4.78 is 0. The SMILES string of the molecule is Cc1cc(C)c(CCNC(=O)CCCc2cn[nH]c2)c(C)c1. The zero-order valence-electron chi connectivity index (χ0n) is 13.7. The van der Waals surface area contributed by atoms with E-state index in [1.54, 1.807) is 6.20 Å². The second-order valence-electron chi connectivity index (χ2n) is 5.94. The van der Waals surface area contributed by atoms with Crippen molar-refractivity contribution >= 4 is 5.91 Å². The molecule has 0 atom stereocenters. The van der Waals surface area contributed by atoms with Gasteiger partial charge in [-0.1, -0.05) is 17.7 Å². The van der Waals surface area contributed by atoms with Crippen molar-refractivity contribution in [3.05, 3.63) is 52.3 Å². The zero-order valence-corrected chi connectivity index (χ0v) is 13.7. The third-order valence-corrected chi connectivity index (χ3v) is 3.96. The fraction of sp³-hybridized carbons (Fsp3) is 0.444. The molecule has 1 heterocycles. The molecule has 0 saturated heterocycles. The standard InChI is InChI=1S/C18H25N3O/c1-13-9-14(2)17(15(3)10-13)7-8-19-18(22)6-4-5-16-11-20-21-12-16/h9-12H,4-8H2,1-3H3,(H,19,22)(H,20,21). The number of benzene rings is 1. The highest BCUT2D eigenvalue weighted by molar-refractivity contribution is 5.75. The van der Waals surface area contributed by atoms with Crippen LogP contribution < -0.4 is 5.32 Å². The number of aromatic amines is 1. The number of carbonyl (C=O) groups excluding carboxylic acids is 1. The molecule has 2 N–H and O–H groups in total. The quantitative estimate of drug-likeness (QED) is 0.825. The summed E-state index contributed by atoms with van der Waals surface area (Å²) in [7, 11) is 0. The van der Waals surface area contributed by atoms with Crippen molar-refractivity contribution in [2.75, 3.05) is 6.54 Å². The predicted molar refractivity (Wildman–Crippen MR) is 88.9 cm³/mol. The molecule has 1 aromatic carbocycles. The first-order chi connectivity index (χ1) is 10.6. The van der Waals surface area contributed by atoms with E-state index in [9.17, 15) is 4.79 Å². The lowest BCUT2D eigenvalue weighted by Crippen LogP contribution is -2.25. The number of rotatable bonds is 7. The Morgan fingerprint density at radius 2 is 1.91 bits per heavy atom. The van der Waals surface area contributed by atoms with Gasteiger partial charge in [-0.15, -0.1) is 0 Å². The summed E-state index contributed by atoms with van der Waals surface area (Å²) in [5.41, 5.74) is 6.42. The maximum absolute atomic E-state index is 11.9. The van der Waals surface area contributed by atoms with Gasteiger partial charge in [0.1, 0.15) is 0 Å². The summed E-state index contributed by atoms with van der Waals surface area (Å²) in [5, 5.41) is 9.70. The first-order valence-electron chi connectivity index (χ1n) is 7.87. The minimum absolute atomic E-state index is 0.130. The number of nitrogens with zero attached hydrogens (tertiary/aromatic N) is 1. The third-order valence-electron chi connectivity index (χ3n) is 3.96. The van der Waals surface area contributed by atoms with Crippen LogP contribution in [0, 0.1) is 20.8 Å². The van der Waals surface area contributed by atoms with E-state index in [4.69, 9.17) is 0 Å². The van der Waals surface area contributed by atoms with Crippen LogP contribution in [0.1, 0.15) is 40.7 Å². The highest BCUT2D eigenvalue weighted by Gasteiger charge is 2.06. The Hall–Kier alpha value is -2.10. The van der Waals surface area contributed by atoms with Crippen molar-refractivity contribution < 1.29 is 4.79 Å². The van der Waals surface area contributed by atoms with Crippen LogP contribution in [0.4, 0.5) is 0 Å². The zero-order chi connectivity index (χ0) is 15.9. The van der Waals surface area contributed by atoms with Gasteiger partial charge < -0.3 is 5.32 Å². The van der Waals surface area contributed by atoms with Crippen LogP contribution in [0.25, 0.3) is 0 Å². The van der Waals surface area contributed by atoms with Gasteiger partial charge in [-0.05, 0) is 62.3 Å². The molecule has 0 radical (unpaired) electrons. The normalized spacial score (nSPS) is 10.7. The lowest BCUT2D eigenvalue weighted by molar-refractivity contribution is -0.121. The van der Waals surface area contributed by atoms with Crippen LogP contribution in [0.15, 0.2) is 24.5 Å². The second-order valence-corrected chi connectivity index (χ2v) is 5.94. The number of aryl methyl sites for hydroxylation is 4. The largest absolute Gasteiger partial charge is 0.356 e. The van der Waals surface area contributed by atoms with Crippen molar-refractivity contribution in [2.45, 2.75) is 46.5 Å². The Morgan fingerprint density at radius 1 is 1.18 bits per heavy atom. The Morgan fingerprint density at radius 3 is 2.55 bits per heavy atom. The lowest BCUT2D eigenvalue weighted by Gasteiger charge is -2.12. The minimum atomic E-state index is 0.130. The van der Waals surface area contributed by atoms with Crippen LogP contribution in [-0.4, -0.2) is 22.6 Å². The van der Waals surface area contributed by atoms with Crippen molar-refractivity contribution in [1.82, 2.24) is 15.5 Å². The van der Waals surface area contributed by atoms with Gasteiger partial charge in [0.25, 0.3) is 0 Å². The third kappa shape index (κ3) is 4.72. The number of H-pyrrole nitrogens is 1. The van der Waals surface area contributed by atoms with Gasteiger partial charge in [0.05, 0.1) is 6.20 Å². The van der Waals surface area contributed by atoms with Gasteiger partial charge in [-0.2, -0.15) is 5.10 Å². The summed E-state index contributed by atoms with van der Waals surface area (Å²) >= 11 is 0. The Balaban J connectivity index is 1.71. The van der Waals surface area contributed by atoms with E-state index >= 15 is 0 Å². The first-order valence-corrected chi connectivity index (χ1v) is 7.87. The molecule has 118 valence electrons. The molecular weight excluding hydrogens is 274 g/mol. The molecule has 2 rings (SSSR count). The van der Waals surface area contributed by atoms with Gasteiger partial charge in [0.2, 0.25) is 5.91 Å². The van der Waals surface area contributed by atoms with Crippen LogP contribution in [0.3, 0.4) is 0 Å². The van der Waals surface area contributed by atoms with Gasteiger partial charge in [-0.3, -0.25) is 9.89 Å². The van der Waals surface area contributed by atoms with E-state index in [2.05, 4.69) is 48.4 Å². The summed E-state index contributed by atoms with van der Waals surface area (Å²) in [6, 6.07) is 4.41. The molecule has 1 amide bonds. The van der Waals surface area contributed by atoms with Crippen LogP contribution in [0.5, 0.6) is 0 Å². The average Bonchev–Trinajstić information content (AvgIpc) is 2.95. The Bertz CT molecular complexity index is 594. The molecule has 4 heteroatoms. The summed E-state index contributed by atoms with van der Waals surface area (Å²) in [5.74, 6) is 0.130. The molecule has 4 nitrogen and oxygen atoms in total. The summed E-state index contributed by atoms with van der Waals surface area (Å²) in [4.78, 5) is 11.9. The van der Waals surface area contributed by atoms with Crippen molar-refractivity contribution in [3.8, 4) is 0 Å². The molecular formula is C18H25N3O. The van der Waals surface area contributed by atoms with Crippen LogP contribution >= 0.6 is 0 Å². The smallest absolute Gasteiger partial charge is 0.220 e. The van der Waals surface area contributed by atoms with Gasteiger partial charge in [0.15, 0.2) is 0 Å². The highest BCUT2D eigenvalue weighted by Crippen LogP contribution is 2.16. The molecule has 0 fully saturated rings. The second kappa shape index (κ2) is 7.78. The highest BCUT2D eigenvalue weighted by atomic mass is 16.1. The number of nitrogens with one attached hydrogen (secondary N) is 2. The molecule has 0 bridgehead atoms. The predicted octanol–water partition coefficient (Wildman–Crippen LogP) is 3.02. The molecule has 1 aromatic heterocycles. The number of amides is 1.